The van der Waals surface area contributed by atoms with Gasteiger partial charge in [-0.2, -0.15) is 0 Å². The molecule has 0 spiro atoms. The van der Waals surface area contributed by atoms with Crippen molar-refractivity contribution in [2.24, 2.45) is 0 Å². The number of nitrogens with zero attached hydrogens (tertiary/aromatic N) is 2. The van der Waals surface area contributed by atoms with Crippen LogP contribution in [0.2, 0.25) is 0 Å². The van der Waals surface area contributed by atoms with Crippen LogP contribution in [0.4, 0.5) is 0 Å². The van der Waals surface area contributed by atoms with Crippen molar-refractivity contribution in [2.75, 3.05) is 7.05 Å². The molecule has 2 aromatic rings. The molecule has 0 amide bonds. The molecule has 0 aliphatic heterocycles. The fraction of sp³-hybridized carbons (Fsp3) is 0.333. The predicted molar refractivity (Wildman–Crippen MR) is 73.0 cm³/mol. The summed E-state index contributed by atoms with van der Waals surface area (Å²) in [5.41, 5.74) is 1.14. The summed E-state index contributed by atoms with van der Waals surface area (Å²) in [6.07, 6.45) is 6.31. The van der Waals surface area contributed by atoms with Gasteiger partial charge >= 0.3 is 0 Å². The molecule has 1 aliphatic carbocycles. The predicted octanol–water partition coefficient (Wildman–Crippen LogP) is 2.33. The first-order valence-electron chi connectivity index (χ1n) is 6.57. The molecular formula is C15H17N3O. The molecule has 1 heterocycles. The van der Waals surface area contributed by atoms with Gasteiger partial charge in [-0.25, -0.2) is 9.97 Å². The van der Waals surface area contributed by atoms with E-state index >= 15 is 0 Å². The lowest BCUT2D eigenvalue weighted by Gasteiger charge is -2.15. The molecule has 19 heavy (non-hydrogen) atoms. The highest BCUT2D eigenvalue weighted by Crippen LogP contribution is 2.28. The minimum atomic E-state index is 0.0103. The molecule has 1 aromatic carbocycles. The molecule has 1 aliphatic rings. The van der Waals surface area contributed by atoms with E-state index in [9.17, 15) is 0 Å². The SMILES string of the molecule is CNC(c1ccc(OC2CC2)cc1)c1ncccn1. The second kappa shape index (κ2) is 5.36. The third-order valence-electron chi connectivity index (χ3n) is 3.17. The van der Waals surface area contributed by atoms with Gasteiger partial charge in [0, 0.05) is 12.4 Å². The number of rotatable bonds is 5. The van der Waals surface area contributed by atoms with Gasteiger partial charge in [-0.05, 0) is 43.7 Å². The molecule has 1 aromatic heterocycles. The lowest BCUT2D eigenvalue weighted by molar-refractivity contribution is 0.303. The zero-order valence-corrected chi connectivity index (χ0v) is 10.9. The van der Waals surface area contributed by atoms with Crippen molar-refractivity contribution in [1.82, 2.24) is 15.3 Å². The molecule has 4 heteroatoms. The molecule has 0 radical (unpaired) electrons. The summed E-state index contributed by atoms with van der Waals surface area (Å²) in [6.45, 7) is 0. The van der Waals surface area contributed by atoms with Gasteiger partial charge in [0.05, 0.1) is 12.1 Å². The number of ether oxygens (including phenoxy) is 1. The standard InChI is InChI=1S/C15H17N3O/c1-16-14(15-17-9-2-10-18-15)11-3-5-12(6-4-11)19-13-7-8-13/h2-6,9-10,13-14,16H,7-8H2,1H3. The Morgan fingerprint density at radius 1 is 1.16 bits per heavy atom. The molecule has 98 valence electrons. The molecule has 1 saturated carbocycles. The molecular weight excluding hydrogens is 238 g/mol. The van der Waals surface area contributed by atoms with Gasteiger partial charge in [-0.1, -0.05) is 12.1 Å². The summed E-state index contributed by atoms with van der Waals surface area (Å²) in [6, 6.07) is 9.99. The van der Waals surface area contributed by atoms with Crippen LogP contribution in [0.15, 0.2) is 42.7 Å². The Labute approximate surface area is 112 Å². The molecule has 1 atom stereocenters. The van der Waals surface area contributed by atoms with Crippen molar-refractivity contribution >= 4 is 0 Å². The van der Waals surface area contributed by atoms with Crippen LogP contribution in [0, 0.1) is 0 Å². The summed E-state index contributed by atoms with van der Waals surface area (Å²) in [4.78, 5) is 8.60. The maximum Gasteiger partial charge on any atom is 0.149 e. The van der Waals surface area contributed by atoms with Crippen molar-refractivity contribution in [1.29, 1.82) is 0 Å². The van der Waals surface area contributed by atoms with E-state index in [-0.39, 0.29) is 6.04 Å². The van der Waals surface area contributed by atoms with Crippen LogP contribution in [0.1, 0.15) is 30.3 Å². The van der Waals surface area contributed by atoms with E-state index in [4.69, 9.17) is 4.74 Å². The lowest BCUT2D eigenvalue weighted by Crippen LogP contribution is -2.20. The zero-order valence-electron chi connectivity index (χ0n) is 10.9. The Hall–Kier alpha value is -1.94. The molecule has 1 unspecified atom stereocenters. The van der Waals surface area contributed by atoms with E-state index in [1.807, 2.05) is 25.2 Å². The van der Waals surface area contributed by atoms with Crippen LogP contribution in [0.5, 0.6) is 5.75 Å². The number of nitrogens with one attached hydrogen (secondary N) is 1. The number of hydrogen-bond acceptors (Lipinski definition) is 4. The largest absolute Gasteiger partial charge is 0.490 e. The maximum atomic E-state index is 5.75. The van der Waals surface area contributed by atoms with Crippen molar-refractivity contribution in [3.63, 3.8) is 0 Å². The second-order valence-electron chi connectivity index (χ2n) is 4.71. The number of aromatic nitrogens is 2. The van der Waals surface area contributed by atoms with Gasteiger partial charge < -0.3 is 10.1 Å². The van der Waals surface area contributed by atoms with Crippen LogP contribution < -0.4 is 10.1 Å². The van der Waals surface area contributed by atoms with Gasteiger partial charge in [-0.3, -0.25) is 0 Å². The second-order valence-corrected chi connectivity index (χ2v) is 4.71. The van der Waals surface area contributed by atoms with Crippen LogP contribution in [-0.4, -0.2) is 23.1 Å². The van der Waals surface area contributed by atoms with Gasteiger partial charge in [0.15, 0.2) is 0 Å². The normalized spacial score (nSPS) is 16.1. The number of benzene rings is 1. The minimum absolute atomic E-state index is 0.0103. The Balaban J connectivity index is 1.79. The zero-order chi connectivity index (χ0) is 13.1. The van der Waals surface area contributed by atoms with Crippen LogP contribution in [-0.2, 0) is 0 Å². The first-order valence-corrected chi connectivity index (χ1v) is 6.57. The monoisotopic (exact) mass is 255 g/mol. The van der Waals surface area contributed by atoms with Crippen molar-refractivity contribution in [3.05, 3.63) is 54.1 Å². The highest BCUT2D eigenvalue weighted by atomic mass is 16.5. The van der Waals surface area contributed by atoms with E-state index in [2.05, 4.69) is 27.4 Å². The Morgan fingerprint density at radius 2 is 1.84 bits per heavy atom. The Morgan fingerprint density at radius 3 is 2.42 bits per heavy atom. The van der Waals surface area contributed by atoms with Crippen molar-refractivity contribution in [3.8, 4) is 5.75 Å². The molecule has 3 rings (SSSR count). The average molecular weight is 255 g/mol. The van der Waals surface area contributed by atoms with E-state index in [0.29, 0.717) is 6.10 Å². The van der Waals surface area contributed by atoms with Gasteiger partial charge in [-0.15, -0.1) is 0 Å². The average Bonchev–Trinajstić information content (AvgIpc) is 3.27. The van der Waals surface area contributed by atoms with E-state index < -0.39 is 0 Å². The Bertz CT molecular complexity index is 523. The summed E-state index contributed by atoms with van der Waals surface area (Å²) < 4.78 is 5.75. The van der Waals surface area contributed by atoms with E-state index in [1.165, 1.54) is 12.8 Å². The van der Waals surface area contributed by atoms with Crippen LogP contribution >= 0.6 is 0 Å². The highest BCUT2D eigenvalue weighted by molar-refractivity contribution is 5.32. The van der Waals surface area contributed by atoms with E-state index in [0.717, 1.165) is 17.1 Å². The smallest absolute Gasteiger partial charge is 0.149 e. The first-order chi connectivity index (χ1) is 9.36. The maximum absolute atomic E-state index is 5.75. The topological polar surface area (TPSA) is 47.0 Å². The van der Waals surface area contributed by atoms with Gasteiger partial charge in [0.1, 0.15) is 11.6 Å². The molecule has 0 saturated heterocycles. The third-order valence-corrected chi connectivity index (χ3v) is 3.17. The highest BCUT2D eigenvalue weighted by Gasteiger charge is 2.23. The molecule has 0 bridgehead atoms. The molecule has 4 nitrogen and oxygen atoms in total. The van der Waals surface area contributed by atoms with Crippen molar-refractivity contribution in [2.45, 2.75) is 25.0 Å². The number of hydrogen-bond donors (Lipinski definition) is 1. The Kier molecular flexibility index (Phi) is 3.42. The molecule has 1 fully saturated rings. The van der Waals surface area contributed by atoms with Gasteiger partial charge in [0.25, 0.3) is 0 Å². The van der Waals surface area contributed by atoms with Crippen molar-refractivity contribution < 1.29 is 4.74 Å². The minimum Gasteiger partial charge on any atom is -0.490 e. The van der Waals surface area contributed by atoms with Crippen LogP contribution in [0.3, 0.4) is 0 Å². The van der Waals surface area contributed by atoms with Crippen LogP contribution in [0.25, 0.3) is 0 Å². The summed E-state index contributed by atoms with van der Waals surface area (Å²) in [5, 5.41) is 3.24. The molecule has 1 N–H and O–H groups in total. The first kappa shape index (κ1) is 12.1. The van der Waals surface area contributed by atoms with Gasteiger partial charge in [0.2, 0.25) is 0 Å². The lowest BCUT2D eigenvalue weighted by atomic mass is 10.1. The fourth-order valence-corrected chi connectivity index (χ4v) is 2.02. The quantitative estimate of drug-likeness (QED) is 0.890. The van der Waals surface area contributed by atoms with E-state index in [1.54, 1.807) is 12.4 Å². The third kappa shape index (κ3) is 2.90. The summed E-state index contributed by atoms with van der Waals surface area (Å²) in [7, 11) is 1.91. The fourth-order valence-electron chi connectivity index (χ4n) is 2.02. The summed E-state index contributed by atoms with van der Waals surface area (Å²) >= 11 is 0. The summed E-state index contributed by atoms with van der Waals surface area (Å²) in [5.74, 6) is 1.72.